The molecular formula is C2H7IOS. The van der Waals surface area contributed by atoms with Crippen LogP contribution in [0.2, 0.25) is 0 Å². The van der Waals surface area contributed by atoms with E-state index in [0.717, 1.165) is 0 Å². The summed E-state index contributed by atoms with van der Waals surface area (Å²) in [5, 5.41) is 0. The highest BCUT2D eigenvalue weighted by Gasteiger charge is 1.92. The minimum atomic E-state index is -1.20. The van der Waals surface area contributed by atoms with Crippen LogP contribution in [-0.2, 0) is 0 Å². The van der Waals surface area contributed by atoms with Crippen LogP contribution >= 0.6 is 28.7 Å². The fourth-order valence-corrected chi connectivity index (χ4v) is 0. The van der Waals surface area contributed by atoms with Gasteiger partial charge < -0.3 is 4.55 Å². The van der Waals surface area contributed by atoms with Crippen molar-refractivity contribution >= 4 is 28.7 Å². The summed E-state index contributed by atoms with van der Waals surface area (Å²) in [4.78, 5) is 0. The van der Waals surface area contributed by atoms with E-state index in [1.54, 1.807) is 0 Å². The third kappa shape index (κ3) is 43.1. The topological polar surface area (TPSA) is 20.2 Å². The lowest BCUT2D eigenvalue weighted by atomic mass is 11.9. The summed E-state index contributed by atoms with van der Waals surface area (Å²) in [6, 6.07) is 0. The van der Waals surface area contributed by atoms with Gasteiger partial charge >= 0.3 is 0 Å². The summed E-state index contributed by atoms with van der Waals surface area (Å²) in [6.07, 6.45) is 3.63. The van der Waals surface area contributed by atoms with Crippen LogP contribution in [0.15, 0.2) is 0 Å². The molecule has 0 aromatic carbocycles. The molecule has 1 nitrogen and oxygen atoms in total. The van der Waals surface area contributed by atoms with E-state index in [-0.39, 0.29) is 0 Å². The molecule has 0 aromatic heterocycles. The summed E-state index contributed by atoms with van der Waals surface area (Å²) in [5.74, 6) is 0. The predicted octanol–water partition coefficient (Wildman–Crippen LogP) is 1.87. The molecule has 0 atom stereocenters. The van der Waals surface area contributed by atoms with Crippen molar-refractivity contribution in [1.29, 1.82) is 0 Å². The summed E-state index contributed by atoms with van der Waals surface area (Å²) in [5.41, 5.74) is 0. The fraction of sp³-hybridized carbons (Fsp3) is 1.00. The summed E-state index contributed by atoms with van der Waals surface area (Å²) >= 11 is 2.02. The molecule has 5 heavy (non-hydrogen) atoms. The molecule has 0 amide bonds. The summed E-state index contributed by atoms with van der Waals surface area (Å²) < 4.78 is 8.59. The van der Waals surface area contributed by atoms with Crippen molar-refractivity contribution in [3.05, 3.63) is 0 Å². The molecule has 34 valence electrons. The Bertz CT molecular complexity index is 25.1. The van der Waals surface area contributed by atoms with E-state index < -0.39 is 7.48 Å². The quantitative estimate of drug-likeness (QED) is 0.600. The van der Waals surface area contributed by atoms with E-state index >= 15 is 0 Å². The highest BCUT2D eigenvalue weighted by atomic mass is 127. The zero-order valence-corrected chi connectivity index (χ0v) is 6.21. The minimum absolute atomic E-state index is 1.20. The number of hydrogen-bond donors (Lipinski definition) is 1. The van der Waals surface area contributed by atoms with Crippen LogP contribution in [0.4, 0.5) is 0 Å². The molecule has 0 spiro atoms. The Kier molecular flexibility index (Phi) is 2.01. The van der Waals surface area contributed by atoms with E-state index in [1.165, 1.54) is 0 Å². The van der Waals surface area contributed by atoms with Gasteiger partial charge in [0.2, 0.25) is 0 Å². The maximum Gasteiger partial charge on any atom is 0.000674 e. The van der Waals surface area contributed by atoms with Crippen LogP contribution in [0, 0.1) is 0 Å². The minimum Gasteiger partial charge on any atom is -0.343 e. The Labute approximate surface area is 45.9 Å². The highest BCUT2D eigenvalue weighted by molar-refractivity contribution is 14.2. The fourth-order valence-electron chi connectivity index (χ4n) is 0. The Balaban J connectivity index is 3.02. The van der Waals surface area contributed by atoms with E-state index in [9.17, 15) is 0 Å². The average molecular weight is 206 g/mol. The van der Waals surface area contributed by atoms with Gasteiger partial charge in [-0.3, -0.25) is 0 Å². The Morgan fingerprint density at radius 2 is 1.60 bits per heavy atom. The number of rotatable bonds is 0. The molecule has 0 unspecified atom stereocenters. The highest BCUT2D eigenvalue weighted by Crippen LogP contribution is 2.43. The lowest BCUT2D eigenvalue weighted by molar-refractivity contribution is 0.655. The molecule has 0 saturated carbocycles. The molecule has 0 rings (SSSR count). The van der Waals surface area contributed by atoms with Crippen LogP contribution in [0.3, 0.4) is 0 Å². The van der Waals surface area contributed by atoms with E-state index in [1.807, 2.05) is 33.7 Å². The largest absolute Gasteiger partial charge is 0.343 e. The van der Waals surface area contributed by atoms with Crippen LogP contribution < -0.4 is 0 Å². The number of hydrogen-bond acceptors (Lipinski definition) is 1. The van der Waals surface area contributed by atoms with E-state index in [0.29, 0.717) is 0 Å². The summed E-state index contributed by atoms with van der Waals surface area (Å²) in [7, 11) is -1.20. The van der Waals surface area contributed by atoms with Crippen LogP contribution in [0.5, 0.6) is 0 Å². The van der Waals surface area contributed by atoms with Gasteiger partial charge in [-0.1, -0.05) is 7.48 Å². The van der Waals surface area contributed by atoms with Gasteiger partial charge in [0.25, 0.3) is 0 Å². The van der Waals surface area contributed by atoms with E-state index in [4.69, 9.17) is 4.55 Å². The normalized spacial score (nSPS) is 15.2. The second-order valence-electron chi connectivity index (χ2n) is 1.15. The smallest absolute Gasteiger partial charge is 0.000674 e. The van der Waals surface area contributed by atoms with Crippen molar-refractivity contribution in [2.75, 3.05) is 12.5 Å². The molecule has 0 fully saturated rings. The third-order valence-electron chi connectivity index (χ3n) is 0. The van der Waals surface area contributed by atoms with Gasteiger partial charge in [0.1, 0.15) is 0 Å². The average Bonchev–Trinajstić information content (AvgIpc) is 0.722. The van der Waals surface area contributed by atoms with Gasteiger partial charge in [0.05, 0.1) is 0 Å². The monoisotopic (exact) mass is 206 g/mol. The molecule has 0 aliphatic rings. The molecular weight excluding hydrogens is 199 g/mol. The Morgan fingerprint density at radius 3 is 1.60 bits per heavy atom. The van der Waals surface area contributed by atoms with Crippen molar-refractivity contribution in [3.8, 4) is 0 Å². The van der Waals surface area contributed by atoms with Gasteiger partial charge in [0, 0.05) is 21.2 Å². The molecule has 0 aromatic rings. The molecule has 3 heteroatoms. The first-order valence-electron chi connectivity index (χ1n) is 1.15. The van der Waals surface area contributed by atoms with Crippen LogP contribution in [0.25, 0.3) is 0 Å². The van der Waals surface area contributed by atoms with Gasteiger partial charge in [-0.05, 0) is 12.5 Å². The van der Waals surface area contributed by atoms with Gasteiger partial charge in [-0.25, -0.2) is 0 Å². The zero-order valence-electron chi connectivity index (χ0n) is 3.23. The Hall–Kier alpha value is 1.04. The van der Waals surface area contributed by atoms with Crippen molar-refractivity contribution in [3.63, 3.8) is 0 Å². The van der Waals surface area contributed by atoms with Crippen molar-refractivity contribution in [2.45, 2.75) is 0 Å². The van der Waals surface area contributed by atoms with Gasteiger partial charge in [0.15, 0.2) is 0 Å². The maximum atomic E-state index is 8.59. The van der Waals surface area contributed by atoms with Crippen molar-refractivity contribution in [2.24, 2.45) is 0 Å². The first-order chi connectivity index (χ1) is 2.00. The summed E-state index contributed by atoms with van der Waals surface area (Å²) in [6.45, 7) is 0. The molecule has 0 radical (unpaired) electrons. The Morgan fingerprint density at radius 1 is 1.60 bits per heavy atom. The van der Waals surface area contributed by atoms with Gasteiger partial charge in [-0.15, -0.1) is 0 Å². The maximum absolute atomic E-state index is 8.59. The van der Waals surface area contributed by atoms with E-state index in [2.05, 4.69) is 0 Å². The second kappa shape index (κ2) is 1.66. The lowest BCUT2D eigenvalue weighted by Gasteiger charge is -2.09. The molecule has 0 aliphatic heterocycles. The SMILES string of the molecule is CS(C)(O)I. The molecule has 0 bridgehead atoms. The lowest BCUT2D eigenvalue weighted by Crippen LogP contribution is -1.73. The standard InChI is InChI=1S/C2H7IOS/c1-5(2,3)4/h4H,1-2H3. The van der Waals surface area contributed by atoms with Gasteiger partial charge in [-0.2, -0.15) is 0 Å². The van der Waals surface area contributed by atoms with Crippen molar-refractivity contribution in [1.82, 2.24) is 0 Å². The van der Waals surface area contributed by atoms with Crippen molar-refractivity contribution < 1.29 is 4.55 Å². The first kappa shape index (κ1) is 6.04. The zero-order chi connectivity index (χ0) is 4.50. The molecule has 0 aliphatic carbocycles. The van der Waals surface area contributed by atoms with Crippen LogP contribution in [-0.4, -0.2) is 17.1 Å². The molecule has 1 N–H and O–H groups in total. The first-order valence-corrected chi connectivity index (χ1v) is 6.10. The number of halogens is 1. The predicted molar refractivity (Wildman–Crippen MR) is 36.1 cm³/mol. The molecule has 0 heterocycles. The molecule has 0 saturated heterocycles. The van der Waals surface area contributed by atoms with Crippen LogP contribution in [0.1, 0.15) is 0 Å². The third-order valence-corrected chi connectivity index (χ3v) is 0. The second-order valence-corrected chi connectivity index (χ2v) is 9.92.